The molecule has 1 radical (unpaired) electrons. The first-order valence-corrected chi connectivity index (χ1v) is 3.80. The Bertz CT molecular complexity index is 258. The van der Waals surface area contributed by atoms with Gasteiger partial charge in [0.25, 0.3) is 0 Å². The van der Waals surface area contributed by atoms with E-state index in [1.54, 1.807) is 0 Å². The van der Waals surface area contributed by atoms with Crippen LogP contribution in [0.4, 0.5) is 0 Å². The van der Waals surface area contributed by atoms with Crippen molar-refractivity contribution in [2.24, 2.45) is 0 Å². The summed E-state index contributed by atoms with van der Waals surface area (Å²) >= 11 is 0. The van der Waals surface area contributed by atoms with Gasteiger partial charge >= 0.3 is 0 Å². The van der Waals surface area contributed by atoms with Crippen LogP contribution in [-0.2, 0) is 0 Å². The summed E-state index contributed by atoms with van der Waals surface area (Å²) in [6.45, 7) is 0. The van der Waals surface area contributed by atoms with Crippen LogP contribution in [0.1, 0.15) is 30.9 Å². The van der Waals surface area contributed by atoms with Crippen LogP contribution >= 0.6 is 0 Å². The lowest BCUT2D eigenvalue weighted by Crippen LogP contribution is -2.10. The highest BCUT2D eigenvalue weighted by molar-refractivity contribution is 5.26. The molecule has 57 valence electrons. The van der Waals surface area contributed by atoms with Crippen molar-refractivity contribution in [2.45, 2.75) is 25.2 Å². The van der Waals surface area contributed by atoms with E-state index in [1.165, 1.54) is 12.6 Å². The van der Waals surface area contributed by atoms with Gasteiger partial charge in [-0.1, -0.05) is 6.42 Å². The van der Waals surface area contributed by atoms with Gasteiger partial charge < -0.3 is 5.11 Å². The molecule has 1 aromatic heterocycles. The third-order valence-corrected chi connectivity index (χ3v) is 2.17. The molecule has 0 aromatic carbocycles. The fraction of sp³-hybridized carbons (Fsp3) is 0.500. The first-order valence-electron chi connectivity index (χ1n) is 3.80. The Morgan fingerprint density at radius 2 is 2.36 bits per heavy atom. The lowest BCUT2D eigenvalue weighted by Gasteiger charge is -2.24. The number of aromatic nitrogens is 2. The molecule has 3 nitrogen and oxygen atoms in total. The van der Waals surface area contributed by atoms with Gasteiger partial charge in [-0.25, -0.2) is 9.97 Å². The monoisotopic (exact) mass is 149 g/mol. The summed E-state index contributed by atoms with van der Waals surface area (Å²) in [6, 6.07) is 0. The average Bonchev–Trinajstić information content (AvgIpc) is 1.90. The minimum absolute atomic E-state index is 0.216. The molecule has 11 heavy (non-hydrogen) atoms. The van der Waals surface area contributed by atoms with Crippen LogP contribution in [-0.4, -0.2) is 15.1 Å². The average molecular weight is 149 g/mol. The molecule has 1 aliphatic carbocycles. The third-order valence-electron chi connectivity index (χ3n) is 2.17. The van der Waals surface area contributed by atoms with E-state index in [4.69, 9.17) is 0 Å². The molecule has 0 aliphatic heterocycles. The summed E-state index contributed by atoms with van der Waals surface area (Å²) in [5, 5.41) is 9.30. The lowest BCUT2D eigenvalue weighted by atomic mass is 9.82. The molecule has 0 atom stereocenters. The molecule has 0 spiro atoms. The van der Waals surface area contributed by atoms with E-state index >= 15 is 0 Å². The molecule has 3 heteroatoms. The maximum atomic E-state index is 9.30. The molecule has 0 bridgehead atoms. The van der Waals surface area contributed by atoms with Crippen molar-refractivity contribution < 1.29 is 5.11 Å². The third kappa shape index (κ3) is 1.06. The number of rotatable bonds is 1. The zero-order valence-electron chi connectivity index (χ0n) is 6.12. The molecule has 1 fully saturated rings. The molecule has 1 aliphatic rings. The normalized spacial score (nSPS) is 17.8. The van der Waals surface area contributed by atoms with Gasteiger partial charge in [0, 0.05) is 5.92 Å². The van der Waals surface area contributed by atoms with Gasteiger partial charge in [0.15, 0.2) is 12.1 Å². The number of hydrogen-bond acceptors (Lipinski definition) is 3. The smallest absolute Gasteiger partial charge is 0.198 e. The largest absolute Gasteiger partial charge is 0.504 e. The minimum Gasteiger partial charge on any atom is -0.504 e. The predicted molar refractivity (Wildman–Crippen MR) is 39.1 cm³/mol. The van der Waals surface area contributed by atoms with Crippen LogP contribution in [0.3, 0.4) is 0 Å². The number of nitrogens with zero attached hydrogens (tertiary/aromatic N) is 2. The lowest BCUT2D eigenvalue weighted by molar-refractivity contribution is 0.381. The highest BCUT2D eigenvalue weighted by Gasteiger charge is 2.23. The van der Waals surface area contributed by atoms with Crippen LogP contribution < -0.4 is 0 Å². The fourth-order valence-corrected chi connectivity index (χ4v) is 1.28. The van der Waals surface area contributed by atoms with Gasteiger partial charge in [-0.3, -0.25) is 0 Å². The van der Waals surface area contributed by atoms with Crippen molar-refractivity contribution in [2.75, 3.05) is 0 Å². The second-order valence-electron chi connectivity index (χ2n) is 2.87. The van der Waals surface area contributed by atoms with E-state index in [2.05, 4.69) is 16.3 Å². The molecule has 1 N–H and O–H groups in total. The van der Waals surface area contributed by atoms with Gasteiger partial charge in [0.05, 0.1) is 11.9 Å². The summed E-state index contributed by atoms with van der Waals surface area (Å²) in [6.07, 6.45) is 7.41. The molecule has 0 amide bonds. The predicted octanol–water partition coefficient (Wildman–Crippen LogP) is 1.25. The van der Waals surface area contributed by atoms with Crippen molar-refractivity contribution in [1.29, 1.82) is 0 Å². The molecular formula is C8H9N2O. The first kappa shape index (κ1) is 6.58. The van der Waals surface area contributed by atoms with Gasteiger partial charge in [0.1, 0.15) is 0 Å². The molecular weight excluding hydrogens is 140 g/mol. The number of aromatic hydroxyl groups is 1. The highest BCUT2D eigenvalue weighted by atomic mass is 16.3. The molecule has 0 unspecified atom stereocenters. The Labute approximate surface area is 65.1 Å². The van der Waals surface area contributed by atoms with Crippen molar-refractivity contribution in [3.63, 3.8) is 0 Å². The van der Waals surface area contributed by atoms with E-state index in [0.29, 0.717) is 5.92 Å². The minimum atomic E-state index is 0.216. The van der Waals surface area contributed by atoms with E-state index in [-0.39, 0.29) is 5.75 Å². The zero-order chi connectivity index (χ0) is 7.68. The van der Waals surface area contributed by atoms with Gasteiger partial charge in [-0.15, -0.1) is 0 Å². The van der Waals surface area contributed by atoms with Crippen molar-refractivity contribution in [1.82, 2.24) is 9.97 Å². The number of hydrogen-bond donors (Lipinski definition) is 1. The standard InChI is InChI=1S/C8H9N2O/c11-7-4-9-5-10-8(7)6-2-1-3-6/h4,6,11H,1-3H2. The Morgan fingerprint density at radius 1 is 1.55 bits per heavy atom. The molecule has 1 aromatic rings. The summed E-state index contributed by atoms with van der Waals surface area (Å²) < 4.78 is 0. The molecule has 0 saturated heterocycles. The van der Waals surface area contributed by atoms with Crippen LogP contribution in [0.5, 0.6) is 5.75 Å². The summed E-state index contributed by atoms with van der Waals surface area (Å²) in [5.41, 5.74) is 0.770. The van der Waals surface area contributed by atoms with Crippen LogP contribution in [0, 0.1) is 6.33 Å². The molecule has 2 rings (SSSR count). The van der Waals surface area contributed by atoms with Gasteiger partial charge in [-0.05, 0) is 12.8 Å². The Morgan fingerprint density at radius 3 is 2.91 bits per heavy atom. The van der Waals surface area contributed by atoms with E-state index in [9.17, 15) is 5.11 Å². The SMILES string of the molecule is Oc1cn[c]nc1C1CCC1. The first-order chi connectivity index (χ1) is 5.38. The summed E-state index contributed by atoms with van der Waals surface area (Å²) in [4.78, 5) is 7.51. The highest BCUT2D eigenvalue weighted by Crippen LogP contribution is 2.38. The quantitative estimate of drug-likeness (QED) is 0.653. The maximum Gasteiger partial charge on any atom is 0.198 e. The Balaban J connectivity index is 2.28. The van der Waals surface area contributed by atoms with Crippen molar-refractivity contribution in [3.05, 3.63) is 18.2 Å². The zero-order valence-corrected chi connectivity index (χ0v) is 6.12. The topological polar surface area (TPSA) is 46.0 Å². The van der Waals surface area contributed by atoms with E-state index in [1.807, 2.05) is 0 Å². The van der Waals surface area contributed by atoms with Crippen LogP contribution in [0.25, 0.3) is 0 Å². The van der Waals surface area contributed by atoms with Crippen molar-refractivity contribution in [3.8, 4) is 5.75 Å². The maximum absolute atomic E-state index is 9.30. The van der Waals surface area contributed by atoms with E-state index < -0.39 is 0 Å². The Hall–Kier alpha value is -1.12. The van der Waals surface area contributed by atoms with Crippen LogP contribution in [0.15, 0.2) is 6.20 Å². The van der Waals surface area contributed by atoms with E-state index in [0.717, 1.165) is 18.5 Å². The van der Waals surface area contributed by atoms with Gasteiger partial charge in [0.2, 0.25) is 0 Å². The van der Waals surface area contributed by atoms with Crippen LogP contribution in [0.2, 0.25) is 0 Å². The molecule has 1 saturated carbocycles. The summed E-state index contributed by atoms with van der Waals surface area (Å²) in [7, 11) is 0. The summed E-state index contributed by atoms with van der Waals surface area (Å²) in [5.74, 6) is 0.669. The fourth-order valence-electron chi connectivity index (χ4n) is 1.28. The second-order valence-corrected chi connectivity index (χ2v) is 2.87. The molecule has 1 heterocycles. The Kier molecular flexibility index (Phi) is 1.49. The van der Waals surface area contributed by atoms with Crippen molar-refractivity contribution >= 4 is 0 Å². The van der Waals surface area contributed by atoms with Gasteiger partial charge in [-0.2, -0.15) is 0 Å². The second kappa shape index (κ2) is 2.49.